The molecule has 1 saturated heterocycles. The first kappa shape index (κ1) is 25.3. The van der Waals surface area contributed by atoms with E-state index >= 15 is 0 Å². The molecule has 3 aromatic heterocycles. The molecule has 0 aliphatic carbocycles. The van der Waals surface area contributed by atoms with Crippen LogP contribution < -0.4 is 14.4 Å². The lowest BCUT2D eigenvalue weighted by atomic mass is 9.96. The lowest BCUT2D eigenvalue weighted by Crippen LogP contribution is -2.29. The van der Waals surface area contributed by atoms with Gasteiger partial charge in [-0.2, -0.15) is 0 Å². The number of pyridine rings is 1. The van der Waals surface area contributed by atoms with Crippen LogP contribution in [0.1, 0.15) is 23.0 Å². The predicted molar refractivity (Wildman–Crippen MR) is 153 cm³/mol. The Morgan fingerprint density at radius 1 is 1.10 bits per heavy atom. The number of carbonyl (C=O) groups is 2. The van der Waals surface area contributed by atoms with E-state index in [2.05, 4.69) is 16.5 Å². The van der Waals surface area contributed by atoms with Crippen molar-refractivity contribution >= 4 is 49.8 Å². The number of benzene rings is 2. The molecule has 1 aliphatic heterocycles. The number of ketones is 1. The first-order valence-electron chi connectivity index (χ1n) is 12.4. The van der Waals surface area contributed by atoms with Crippen molar-refractivity contribution in [3.8, 4) is 11.5 Å². The van der Waals surface area contributed by atoms with Gasteiger partial charge >= 0.3 is 5.91 Å². The van der Waals surface area contributed by atoms with Crippen molar-refractivity contribution in [1.82, 2.24) is 14.4 Å². The van der Waals surface area contributed by atoms with Gasteiger partial charge in [0.2, 0.25) is 0 Å². The highest BCUT2D eigenvalue weighted by molar-refractivity contribution is 7.22. The Morgan fingerprint density at radius 2 is 1.88 bits per heavy atom. The highest BCUT2D eigenvalue weighted by Crippen LogP contribution is 2.45. The maximum Gasteiger partial charge on any atom is 0.301 e. The number of amides is 1. The van der Waals surface area contributed by atoms with Gasteiger partial charge in [-0.25, -0.2) is 9.97 Å². The number of Topliss-reactive ketones (excluding diaryl/α,β-unsaturated/α-hetero) is 1. The molecule has 10 heteroatoms. The molecule has 1 atom stereocenters. The van der Waals surface area contributed by atoms with Crippen LogP contribution >= 0.6 is 11.3 Å². The molecule has 200 valence electrons. The van der Waals surface area contributed by atoms with Gasteiger partial charge in [-0.1, -0.05) is 42.2 Å². The SMILES string of the molecule is C=CCOc1ccc(C2C(=C(O)c3c(C)nc4ccccn34)C(=O)C(=O)N2c2nc3ccc(OC)cc3s2)cc1. The first-order chi connectivity index (χ1) is 19.4. The predicted octanol–water partition coefficient (Wildman–Crippen LogP) is 5.45. The highest BCUT2D eigenvalue weighted by Gasteiger charge is 2.48. The Bertz CT molecular complexity index is 1840. The Morgan fingerprint density at radius 3 is 2.62 bits per heavy atom. The molecule has 1 aliphatic rings. The molecule has 40 heavy (non-hydrogen) atoms. The van der Waals surface area contributed by atoms with E-state index in [-0.39, 0.29) is 11.3 Å². The van der Waals surface area contributed by atoms with Crippen LogP contribution in [0.4, 0.5) is 5.13 Å². The molecular formula is C30H24N4O5S. The quantitative estimate of drug-likeness (QED) is 0.124. The molecule has 0 bridgehead atoms. The number of carbonyl (C=O) groups excluding carboxylic acids is 2. The van der Waals surface area contributed by atoms with Crippen LogP contribution in [-0.4, -0.2) is 44.9 Å². The summed E-state index contributed by atoms with van der Waals surface area (Å²) in [4.78, 5) is 37.9. The summed E-state index contributed by atoms with van der Waals surface area (Å²) >= 11 is 1.26. The number of nitrogens with zero attached hydrogens (tertiary/aromatic N) is 4. The van der Waals surface area contributed by atoms with Gasteiger partial charge in [-0.3, -0.25) is 18.9 Å². The zero-order valence-electron chi connectivity index (χ0n) is 21.7. The summed E-state index contributed by atoms with van der Waals surface area (Å²) in [7, 11) is 1.58. The largest absolute Gasteiger partial charge is 0.505 e. The number of aromatic nitrogens is 3. The summed E-state index contributed by atoms with van der Waals surface area (Å²) < 4.78 is 13.5. The lowest BCUT2D eigenvalue weighted by Gasteiger charge is -2.23. The summed E-state index contributed by atoms with van der Waals surface area (Å²) in [6, 6.07) is 17.0. The van der Waals surface area contributed by atoms with Crippen molar-refractivity contribution in [1.29, 1.82) is 0 Å². The van der Waals surface area contributed by atoms with E-state index < -0.39 is 17.7 Å². The fourth-order valence-corrected chi connectivity index (χ4v) is 5.92. The second kappa shape index (κ2) is 9.97. The van der Waals surface area contributed by atoms with Crippen LogP contribution in [0.2, 0.25) is 0 Å². The molecule has 5 aromatic rings. The number of methoxy groups -OCH3 is 1. The van der Waals surface area contributed by atoms with Crippen molar-refractivity contribution in [3.05, 3.63) is 102 Å². The van der Waals surface area contributed by atoms with Crippen molar-refractivity contribution < 1.29 is 24.2 Å². The average molecular weight is 553 g/mol. The fourth-order valence-electron chi connectivity index (χ4n) is 4.90. The number of anilines is 1. The zero-order chi connectivity index (χ0) is 28.0. The highest BCUT2D eigenvalue weighted by atomic mass is 32.1. The molecule has 4 heterocycles. The van der Waals surface area contributed by atoms with Gasteiger partial charge in [0.05, 0.1) is 34.6 Å². The third kappa shape index (κ3) is 4.09. The van der Waals surface area contributed by atoms with Gasteiger partial charge in [-0.05, 0) is 55.0 Å². The first-order valence-corrected chi connectivity index (χ1v) is 13.3. The second-order valence-corrected chi connectivity index (χ2v) is 10.2. The number of thiazole rings is 1. The molecule has 6 rings (SSSR count). The lowest BCUT2D eigenvalue weighted by molar-refractivity contribution is -0.132. The van der Waals surface area contributed by atoms with Gasteiger partial charge < -0.3 is 14.6 Å². The molecule has 1 amide bonds. The van der Waals surface area contributed by atoms with E-state index in [4.69, 9.17) is 9.47 Å². The standard InChI is InChI=1S/C30H24N4O5S/c1-4-15-39-19-10-8-18(9-11-19)26-24(27(35)25-17(2)31-23-7-5-6-14-33(23)25)28(36)29(37)34(26)30-32-21-13-12-20(38-3)16-22(21)40-30/h4-14,16,26,35H,1,15H2,2-3H3. The van der Waals surface area contributed by atoms with Gasteiger partial charge in [0.25, 0.3) is 5.78 Å². The van der Waals surface area contributed by atoms with Crippen LogP contribution in [0.3, 0.4) is 0 Å². The minimum Gasteiger partial charge on any atom is -0.505 e. The van der Waals surface area contributed by atoms with E-state index in [1.54, 1.807) is 79.2 Å². The third-order valence-electron chi connectivity index (χ3n) is 6.73. The zero-order valence-corrected chi connectivity index (χ0v) is 22.5. The fraction of sp³-hybridized carbons (Fsp3) is 0.133. The number of ether oxygens (including phenoxy) is 2. The van der Waals surface area contributed by atoms with Gasteiger partial charge in [0.1, 0.15) is 29.4 Å². The smallest absolute Gasteiger partial charge is 0.301 e. The van der Waals surface area contributed by atoms with E-state index in [1.807, 2.05) is 12.1 Å². The number of hydrogen-bond acceptors (Lipinski definition) is 8. The molecule has 1 N–H and O–H groups in total. The third-order valence-corrected chi connectivity index (χ3v) is 7.74. The summed E-state index contributed by atoms with van der Waals surface area (Å²) in [5.41, 5.74) is 2.70. The van der Waals surface area contributed by atoms with E-state index in [0.29, 0.717) is 51.4 Å². The van der Waals surface area contributed by atoms with E-state index in [0.717, 1.165) is 4.70 Å². The van der Waals surface area contributed by atoms with E-state index in [1.165, 1.54) is 16.2 Å². The molecule has 0 radical (unpaired) electrons. The van der Waals surface area contributed by atoms with Crippen molar-refractivity contribution in [2.24, 2.45) is 0 Å². The van der Waals surface area contributed by atoms with Crippen molar-refractivity contribution in [3.63, 3.8) is 0 Å². The maximum absolute atomic E-state index is 13.7. The number of fused-ring (bicyclic) bond motifs is 2. The van der Waals surface area contributed by atoms with Crippen LogP contribution in [0, 0.1) is 6.92 Å². The molecule has 0 spiro atoms. The van der Waals surface area contributed by atoms with Crippen molar-refractivity contribution in [2.75, 3.05) is 18.6 Å². The number of aliphatic hydroxyl groups is 1. The molecule has 9 nitrogen and oxygen atoms in total. The minimum absolute atomic E-state index is 0.0460. The summed E-state index contributed by atoms with van der Waals surface area (Å²) in [5, 5.41) is 12.0. The van der Waals surface area contributed by atoms with Gasteiger partial charge in [0, 0.05) is 6.20 Å². The van der Waals surface area contributed by atoms with Gasteiger partial charge in [-0.15, -0.1) is 0 Å². The number of aliphatic hydroxyl groups excluding tert-OH is 1. The number of aryl methyl sites for hydroxylation is 1. The average Bonchev–Trinajstić information content (AvgIpc) is 3.62. The maximum atomic E-state index is 13.7. The minimum atomic E-state index is -0.940. The monoisotopic (exact) mass is 552 g/mol. The summed E-state index contributed by atoms with van der Waals surface area (Å²) in [5.74, 6) is -0.644. The molecule has 1 fully saturated rings. The normalized spacial score (nSPS) is 16.6. The molecule has 2 aromatic carbocycles. The molecule has 1 unspecified atom stereocenters. The van der Waals surface area contributed by atoms with Crippen LogP contribution in [0.25, 0.3) is 21.6 Å². The number of rotatable bonds is 7. The van der Waals surface area contributed by atoms with Crippen LogP contribution in [0.5, 0.6) is 11.5 Å². The van der Waals surface area contributed by atoms with E-state index in [9.17, 15) is 14.7 Å². The Hall–Kier alpha value is -4.96. The van der Waals surface area contributed by atoms with Gasteiger partial charge in [0.15, 0.2) is 10.9 Å². The van der Waals surface area contributed by atoms with Crippen LogP contribution in [0.15, 0.2) is 85.1 Å². The Balaban J connectivity index is 1.55. The second-order valence-electron chi connectivity index (χ2n) is 9.14. The number of hydrogen-bond donors (Lipinski definition) is 1. The van der Waals surface area contributed by atoms with Crippen molar-refractivity contribution in [2.45, 2.75) is 13.0 Å². The summed E-state index contributed by atoms with van der Waals surface area (Å²) in [6.07, 6.45) is 3.39. The molecular weight excluding hydrogens is 528 g/mol. The summed E-state index contributed by atoms with van der Waals surface area (Å²) in [6.45, 7) is 5.75. The molecule has 0 saturated carbocycles. The van der Waals surface area contributed by atoms with Crippen LogP contribution in [-0.2, 0) is 9.59 Å². The Labute approximate surface area is 233 Å². The topological polar surface area (TPSA) is 106 Å². The Kier molecular flexibility index (Phi) is 6.31. The number of imidazole rings is 1.